The molecule has 36 heavy (non-hydrogen) atoms. The molecule has 0 aromatic heterocycles. The predicted molar refractivity (Wildman–Crippen MR) is 138 cm³/mol. The molecule has 0 aliphatic carbocycles. The molecule has 0 radical (unpaired) electrons. The van der Waals surface area contributed by atoms with Gasteiger partial charge in [-0.15, -0.1) is 11.6 Å². The monoisotopic (exact) mass is 539 g/mol. The lowest BCUT2D eigenvalue weighted by atomic mass is 10.2. The number of hydrazine groups is 1. The van der Waals surface area contributed by atoms with E-state index in [0.717, 1.165) is 12.8 Å². The average Bonchev–Trinajstić information content (AvgIpc) is 2.88. The number of alkyl halides is 1. The van der Waals surface area contributed by atoms with Crippen molar-refractivity contribution in [2.24, 2.45) is 0 Å². The van der Waals surface area contributed by atoms with E-state index in [0.29, 0.717) is 24.3 Å². The Labute approximate surface area is 215 Å². The van der Waals surface area contributed by atoms with Crippen LogP contribution in [0.5, 0.6) is 0 Å². The van der Waals surface area contributed by atoms with Crippen LogP contribution in [0.2, 0.25) is 0 Å². The van der Waals surface area contributed by atoms with Crippen molar-refractivity contribution >= 4 is 56.4 Å². The first-order valence-electron chi connectivity index (χ1n) is 11.3. The van der Waals surface area contributed by atoms with Gasteiger partial charge in [0.2, 0.25) is 5.91 Å². The van der Waals surface area contributed by atoms with Crippen molar-refractivity contribution in [1.29, 1.82) is 0 Å². The average molecular weight is 540 g/mol. The van der Waals surface area contributed by atoms with Gasteiger partial charge in [0.25, 0.3) is 10.0 Å². The Morgan fingerprint density at radius 2 is 1.58 bits per heavy atom. The third-order valence-electron chi connectivity index (χ3n) is 4.89. The summed E-state index contributed by atoms with van der Waals surface area (Å²) in [5.41, 5.74) is 6.03. The van der Waals surface area contributed by atoms with Gasteiger partial charge in [-0.05, 0) is 61.4 Å². The number of hydrogen-bond acceptors (Lipinski definition) is 7. The van der Waals surface area contributed by atoms with Gasteiger partial charge in [0.05, 0.1) is 10.6 Å². The number of carbonyl (C=O) groups is 3. The third kappa shape index (κ3) is 8.70. The van der Waals surface area contributed by atoms with Gasteiger partial charge in [-0.2, -0.15) is 0 Å². The normalized spacial score (nSPS) is 10.9. The van der Waals surface area contributed by atoms with Crippen LogP contribution in [0.15, 0.2) is 53.4 Å². The highest BCUT2D eigenvalue weighted by atomic mass is 35.5. The van der Waals surface area contributed by atoms with Crippen LogP contribution in [-0.2, 0) is 24.4 Å². The molecule has 0 unspecified atom stereocenters. The Hall–Kier alpha value is -3.35. The molecule has 5 N–H and O–H groups in total. The molecule has 0 heterocycles. The first-order valence-corrected chi connectivity index (χ1v) is 13.3. The number of halogens is 1. The molecule has 0 fully saturated rings. The third-order valence-corrected chi connectivity index (χ3v) is 6.52. The first-order chi connectivity index (χ1) is 17.2. The number of sulfonamides is 1. The summed E-state index contributed by atoms with van der Waals surface area (Å²) in [7, 11) is -3.90. The molecule has 2 aromatic carbocycles. The smallest absolute Gasteiger partial charge is 0.327 e. The standard InChI is InChI=1S/C23H30ClN5O6S/c1-2-3-14-29(21(31)16-24)19-9-11-20(12-10-19)36(34,35)28-18-7-5-17(6-8-18)26-27-23(33)22(32)25-13-4-15-30/h5-12,26,28,30H,2-4,13-16H2,1H3,(H,25,32)(H,27,33). The second-order valence-electron chi connectivity index (χ2n) is 7.62. The van der Waals surface area contributed by atoms with Crippen LogP contribution in [0.4, 0.5) is 17.1 Å². The number of rotatable bonds is 13. The summed E-state index contributed by atoms with van der Waals surface area (Å²) >= 11 is 5.71. The summed E-state index contributed by atoms with van der Waals surface area (Å²) in [4.78, 5) is 37.0. The van der Waals surface area contributed by atoms with E-state index in [4.69, 9.17) is 16.7 Å². The minimum atomic E-state index is -3.90. The lowest BCUT2D eigenvalue weighted by molar-refractivity contribution is -0.138. The Morgan fingerprint density at radius 1 is 0.944 bits per heavy atom. The maximum Gasteiger partial charge on any atom is 0.327 e. The predicted octanol–water partition coefficient (Wildman–Crippen LogP) is 1.80. The molecule has 0 bridgehead atoms. The Balaban J connectivity index is 1.99. The number of unbranched alkanes of at least 4 members (excludes halogenated alkanes) is 1. The van der Waals surface area contributed by atoms with Crippen molar-refractivity contribution in [1.82, 2.24) is 10.7 Å². The fourth-order valence-corrected chi connectivity index (χ4v) is 4.18. The largest absolute Gasteiger partial charge is 0.396 e. The van der Waals surface area contributed by atoms with Gasteiger partial charge in [0.1, 0.15) is 5.88 Å². The van der Waals surface area contributed by atoms with E-state index in [1.54, 1.807) is 12.1 Å². The fourth-order valence-electron chi connectivity index (χ4n) is 2.97. The molecule has 3 amide bonds. The maximum atomic E-state index is 12.8. The SMILES string of the molecule is CCCCN(C(=O)CCl)c1ccc(S(=O)(=O)Nc2ccc(NNC(=O)C(=O)NCCCO)cc2)cc1. The van der Waals surface area contributed by atoms with Crippen LogP contribution in [-0.4, -0.2) is 56.8 Å². The minimum Gasteiger partial charge on any atom is -0.396 e. The molecular weight excluding hydrogens is 510 g/mol. The van der Waals surface area contributed by atoms with Gasteiger partial charge in [-0.1, -0.05) is 13.3 Å². The lowest BCUT2D eigenvalue weighted by Crippen LogP contribution is -2.42. The van der Waals surface area contributed by atoms with Gasteiger partial charge in [0.15, 0.2) is 0 Å². The number of nitrogens with zero attached hydrogens (tertiary/aromatic N) is 1. The van der Waals surface area contributed by atoms with Gasteiger partial charge in [-0.3, -0.25) is 30.0 Å². The quantitative estimate of drug-likeness (QED) is 0.112. The summed E-state index contributed by atoms with van der Waals surface area (Å²) in [6.07, 6.45) is 2.01. The molecule has 13 heteroatoms. The molecule has 0 aliphatic heterocycles. The topological polar surface area (TPSA) is 157 Å². The highest BCUT2D eigenvalue weighted by Crippen LogP contribution is 2.22. The summed E-state index contributed by atoms with van der Waals surface area (Å²) in [5.74, 6) is -2.20. The number of anilines is 3. The van der Waals surface area contributed by atoms with Crippen LogP contribution in [0.25, 0.3) is 0 Å². The molecule has 0 saturated carbocycles. The molecular formula is C23H30ClN5O6S. The Morgan fingerprint density at radius 3 is 2.17 bits per heavy atom. The van der Waals surface area contributed by atoms with E-state index in [2.05, 4.69) is 20.9 Å². The second-order valence-corrected chi connectivity index (χ2v) is 9.57. The lowest BCUT2D eigenvalue weighted by Gasteiger charge is -2.22. The van der Waals surface area contributed by atoms with E-state index in [1.165, 1.54) is 41.3 Å². The summed E-state index contributed by atoms with van der Waals surface area (Å²) < 4.78 is 28.0. The molecule has 0 saturated heterocycles. The van der Waals surface area contributed by atoms with Crippen LogP contribution in [0.3, 0.4) is 0 Å². The zero-order valence-electron chi connectivity index (χ0n) is 19.8. The zero-order chi connectivity index (χ0) is 26.6. The van der Waals surface area contributed by atoms with Crippen molar-refractivity contribution in [3.63, 3.8) is 0 Å². The van der Waals surface area contributed by atoms with Gasteiger partial charge < -0.3 is 15.3 Å². The Kier molecular flexibility index (Phi) is 11.4. The zero-order valence-corrected chi connectivity index (χ0v) is 21.4. The maximum absolute atomic E-state index is 12.8. The Bertz CT molecular complexity index is 1130. The summed E-state index contributed by atoms with van der Waals surface area (Å²) in [6.45, 7) is 2.56. The van der Waals surface area contributed by atoms with Crippen LogP contribution in [0, 0.1) is 0 Å². The van der Waals surface area contributed by atoms with Gasteiger partial charge >= 0.3 is 11.8 Å². The van der Waals surface area contributed by atoms with E-state index in [9.17, 15) is 22.8 Å². The molecule has 0 aliphatic rings. The molecule has 196 valence electrons. The van der Waals surface area contributed by atoms with Gasteiger partial charge in [-0.25, -0.2) is 8.42 Å². The number of benzene rings is 2. The van der Waals surface area contributed by atoms with Crippen molar-refractivity contribution in [2.45, 2.75) is 31.1 Å². The van der Waals surface area contributed by atoms with E-state index in [-0.39, 0.29) is 35.5 Å². The number of nitrogens with one attached hydrogen (secondary N) is 4. The van der Waals surface area contributed by atoms with E-state index < -0.39 is 21.8 Å². The molecule has 0 atom stereocenters. The molecule has 2 aromatic rings. The van der Waals surface area contributed by atoms with Crippen molar-refractivity contribution in [2.75, 3.05) is 40.6 Å². The molecule has 2 rings (SSSR count). The van der Waals surface area contributed by atoms with Crippen LogP contribution in [0.1, 0.15) is 26.2 Å². The van der Waals surface area contributed by atoms with Crippen LogP contribution >= 0.6 is 11.6 Å². The number of amides is 3. The summed E-state index contributed by atoms with van der Waals surface area (Å²) in [5, 5.41) is 11.0. The number of carbonyl (C=O) groups excluding carboxylic acids is 3. The highest BCUT2D eigenvalue weighted by molar-refractivity contribution is 7.92. The number of aliphatic hydroxyl groups excluding tert-OH is 1. The summed E-state index contributed by atoms with van der Waals surface area (Å²) in [6, 6.07) is 11.9. The fraction of sp³-hybridized carbons (Fsp3) is 0.348. The van der Waals surface area contributed by atoms with E-state index in [1.807, 2.05) is 6.92 Å². The van der Waals surface area contributed by atoms with Crippen LogP contribution < -0.4 is 25.8 Å². The van der Waals surface area contributed by atoms with Crippen molar-refractivity contribution in [3.8, 4) is 0 Å². The minimum absolute atomic E-state index is 0.0155. The number of aliphatic hydroxyl groups is 1. The van der Waals surface area contributed by atoms with E-state index >= 15 is 0 Å². The van der Waals surface area contributed by atoms with Crippen molar-refractivity contribution < 1.29 is 27.9 Å². The first kappa shape index (κ1) is 28.9. The second kappa shape index (κ2) is 14.3. The van der Waals surface area contributed by atoms with Gasteiger partial charge in [0, 0.05) is 31.1 Å². The van der Waals surface area contributed by atoms with Crippen molar-refractivity contribution in [3.05, 3.63) is 48.5 Å². The molecule has 11 nitrogen and oxygen atoms in total. The highest BCUT2D eigenvalue weighted by Gasteiger charge is 2.18. The number of hydrogen-bond donors (Lipinski definition) is 5. The molecule has 0 spiro atoms.